The Morgan fingerprint density at radius 2 is 1.85 bits per heavy atom. The van der Waals surface area contributed by atoms with E-state index in [1.165, 1.54) is 25.1 Å². The van der Waals surface area contributed by atoms with Crippen LogP contribution in [-0.4, -0.2) is 0 Å². The number of nitrogens with zero attached hydrogens (tertiary/aromatic N) is 1. The smallest absolute Gasteiger partial charge is 0.152 e. The highest BCUT2D eigenvalue weighted by Gasteiger charge is 2.12. The minimum Gasteiger partial charge on any atom is -0.376 e. The Labute approximate surface area is 114 Å². The molecule has 2 aromatic rings. The molecule has 0 spiro atoms. The summed E-state index contributed by atoms with van der Waals surface area (Å²) in [6.45, 7) is 1.44. The summed E-state index contributed by atoms with van der Waals surface area (Å²) >= 11 is 0. The summed E-state index contributed by atoms with van der Waals surface area (Å²) in [5.74, 6) is -2.02. The second-order valence-electron chi connectivity index (χ2n) is 4.32. The van der Waals surface area contributed by atoms with Gasteiger partial charge in [0.15, 0.2) is 5.82 Å². The van der Waals surface area contributed by atoms with Crippen molar-refractivity contribution in [2.45, 2.75) is 13.5 Å². The third-order valence-corrected chi connectivity index (χ3v) is 2.92. The van der Waals surface area contributed by atoms with Crippen molar-refractivity contribution in [1.82, 2.24) is 0 Å². The van der Waals surface area contributed by atoms with Crippen LogP contribution in [0.3, 0.4) is 0 Å². The highest BCUT2D eigenvalue weighted by atomic mass is 19.1. The Morgan fingerprint density at radius 3 is 2.50 bits per heavy atom. The van der Waals surface area contributed by atoms with E-state index in [9.17, 15) is 13.2 Å². The van der Waals surface area contributed by atoms with E-state index >= 15 is 0 Å². The van der Waals surface area contributed by atoms with Gasteiger partial charge in [-0.1, -0.05) is 12.1 Å². The summed E-state index contributed by atoms with van der Waals surface area (Å²) < 4.78 is 40.9. The fraction of sp³-hybridized carbons (Fsp3) is 0.133. The molecule has 0 unspecified atom stereocenters. The molecule has 0 amide bonds. The van der Waals surface area contributed by atoms with E-state index < -0.39 is 17.5 Å². The van der Waals surface area contributed by atoms with E-state index in [-0.39, 0.29) is 23.4 Å². The van der Waals surface area contributed by atoms with E-state index in [4.69, 9.17) is 5.26 Å². The van der Waals surface area contributed by atoms with E-state index in [2.05, 4.69) is 5.32 Å². The molecule has 0 bridgehead atoms. The lowest BCUT2D eigenvalue weighted by atomic mass is 10.1. The van der Waals surface area contributed by atoms with Gasteiger partial charge in [0.25, 0.3) is 0 Å². The van der Waals surface area contributed by atoms with Gasteiger partial charge in [0, 0.05) is 12.1 Å². The predicted molar refractivity (Wildman–Crippen MR) is 69.5 cm³/mol. The average molecular weight is 276 g/mol. The molecule has 2 aromatic carbocycles. The molecule has 0 radical (unpaired) electrons. The molecule has 0 heterocycles. The number of aryl methyl sites for hydroxylation is 1. The lowest BCUT2D eigenvalue weighted by molar-refractivity contribution is 0.580. The molecule has 20 heavy (non-hydrogen) atoms. The van der Waals surface area contributed by atoms with Gasteiger partial charge >= 0.3 is 0 Å². The molecule has 2 nitrogen and oxygen atoms in total. The van der Waals surface area contributed by atoms with Gasteiger partial charge in [-0.15, -0.1) is 0 Å². The normalized spacial score (nSPS) is 10.2. The lowest BCUT2D eigenvalue weighted by Gasteiger charge is -2.11. The SMILES string of the molecule is Cc1ccc(F)c(NCc2ccc(C#N)cc2F)c1F. The van der Waals surface area contributed by atoms with Crippen LogP contribution >= 0.6 is 0 Å². The number of hydrogen-bond acceptors (Lipinski definition) is 2. The van der Waals surface area contributed by atoms with Gasteiger partial charge in [-0.05, 0) is 30.7 Å². The number of nitriles is 1. The van der Waals surface area contributed by atoms with Crippen molar-refractivity contribution >= 4 is 5.69 Å². The summed E-state index contributed by atoms with van der Waals surface area (Å²) in [6, 6.07) is 8.23. The molecule has 0 atom stereocenters. The predicted octanol–water partition coefficient (Wildman–Crippen LogP) is 3.90. The Hall–Kier alpha value is -2.48. The summed E-state index contributed by atoms with van der Waals surface area (Å²) in [5.41, 5.74) is 0.437. The highest BCUT2D eigenvalue weighted by molar-refractivity contribution is 5.49. The number of anilines is 1. The minimum absolute atomic E-state index is 0.0746. The van der Waals surface area contributed by atoms with Crippen LogP contribution in [-0.2, 0) is 6.54 Å². The van der Waals surface area contributed by atoms with Crippen molar-refractivity contribution in [2.24, 2.45) is 0 Å². The van der Waals surface area contributed by atoms with Crippen LogP contribution in [0, 0.1) is 35.7 Å². The quantitative estimate of drug-likeness (QED) is 0.923. The van der Waals surface area contributed by atoms with Crippen LogP contribution in [0.25, 0.3) is 0 Å². The zero-order valence-electron chi connectivity index (χ0n) is 10.7. The number of halogens is 3. The van der Waals surface area contributed by atoms with E-state index in [0.717, 1.165) is 12.1 Å². The number of rotatable bonds is 3. The van der Waals surface area contributed by atoms with Crippen LogP contribution in [0.15, 0.2) is 30.3 Å². The van der Waals surface area contributed by atoms with Crippen LogP contribution < -0.4 is 5.32 Å². The maximum absolute atomic E-state index is 13.7. The van der Waals surface area contributed by atoms with E-state index in [0.29, 0.717) is 5.56 Å². The van der Waals surface area contributed by atoms with Crippen molar-refractivity contribution in [1.29, 1.82) is 5.26 Å². The highest BCUT2D eigenvalue weighted by Crippen LogP contribution is 2.22. The molecule has 0 saturated carbocycles. The molecule has 0 saturated heterocycles. The summed E-state index contributed by atoms with van der Waals surface area (Å²) in [5, 5.41) is 11.2. The van der Waals surface area contributed by atoms with Crippen LogP contribution in [0.1, 0.15) is 16.7 Å². The molecule has 0 aliphatic heterocycles. The van der Waals surface area contributed by atoms with Gasteiger partial charge in [0.05, 0.1) is 11.6 Å². The molecule has 0 fully saturated rings. The summed E-state index contributed by atoms with van der Waals surface area (Å²) in [4.78, 5) is 0. The van der Waals surface area contributed by atoms with Gasteiger partial charge in [-0.3, -0.25) is 0 Å². The molecule has 5 heteroatoms. The maximum atomic E-state index is 13.7. The fourth-order valence-electron chi connectivity index (χ4n) is 1.76. The number of nitrogens with one attached hydrogen (secondary N) is 1. The molecule has 0 aliphatic carbocycles. The minimum atomic E-state index is -0.734. The first-order chi connectivity index (χ1) is 9.52. The van der Waals surface area contributed by atoms with Gasteiger partial charge in [0.1, 0.15) is 17.3 Å². The zero-order valence-corrected chi connectivity index (χ0v) is 10.7. The third kappa shape index (κ3) is 2.75. The molecule has 1 N–H and O–H groups in total. The second-order valence-corrected chi connectivity index (χ2v) is 4.32. The Morgan fingerprint density at radius 1 is 1.10 bits per heavy atom. The standard InChI is InChI=1S/C15H11F3N2/c1-9-2-5-12(16)15(14(9)18)20-8-11-4-3-10(7-19)6-13(11)17/h2-6,20H,8H2,1H3. The van der Waals surface area contributed by atoms with Crippen LogP contribution in [0.4, 0.5) is 18.9 Å². The first-order valence-corrected chi connectivity index (χ1v) is 5.90. The van der Waals surface area contributed by atoms with Crippen molar-refractivity contribution in [2.75, 3.05) is 5.32 Å². The maximum Gasteiger partial charge on any atom is 0.152 e. The first kappa shape index (κ1) is 13.9. The lowest BCUT2D eigenvalue weighted by Crippen LogP contribution is -2.06. The van der Waals surface area contributed by atoms with Gasteiger partial charge < -0.3 is 5.32 Å². The fourth-order valence-corrected chi connectivity index (χ4v) is 1.76. The molecular weight excluding hydrogens is 265 g/mol. The van der Waals surface area contributed by atoms with Crippen LogP contribution in [0.2, 0.25) is 0 Å². The Balaban J connectivity index is 2.22. The topological polar surface area (TPSA) is 35.8 Å². The summed E-state index contributed by atoms with van der Waals surface area (Å²) in [7, 11) is 0. The summed E-state index contributed by atoms with van der Waals surface area (Å²) in [6.07, 6.45) is 0. The van der Waals surface area contributed by atoms with Crippen molar-refractivity contribution < 1.29 is 13.2 Å². The molecule has 2 rings (SSSR count). The molecule has 0 aliphatic rings. The number of benzene rings is 2. The second kappa shape index (κ2) is 5.66. The van der Waals surface area contributed by atoms with Crippen LogP contribution in [0.5, 0.6) is 0 Å². The van der Waals surface area contributed by atoms with E-state index in [1.54, 1.807) is 0 Å². The van der Waals surface area contributed by atoms with E-state index in [1.807, 2.05) is 6.07 Å². The van der Waals surface area contributed by atoms with Crippen molar-refractivity contribution in [3.05, 3.63) is 64.5 Å². The monoisotopic (exact) mass is 276 g/mol. The Kier molecular flexibility index (Phi) is 3.94. The van der Waals surface area contributed by atoms with Crippen molar-refractivity contribution in [3.63, 3.8) is 0 Å². The molecule has 102 valence electrons. The molecule has 0 aromatic heterocycles. The van der Waals surface area contributed by atoms with Gasteiger partial charge in [-0.25, -0.2) is 13.2 Å². The van der Waals surface area contributed by atoms with Crippen molar-refractivity contribution in [3.8, 4) is 6.07 Å². The average Bonchev–Trinajstić information content (AvgIpc) is 2.44. The third-order valence-electron chi connectivity index (χ3n) is 2.92. The first-order valence-electron chi connectivity index (χ1n) is 5.90. The Bertz CT molecular complexity index is 690. The zero-order chi connectivity index (χ0) is 14.7. The molecular formula is C15H11F3N2. The van der Waals surface area contributed by atoms with Gasteiger partial charge in [-0.2, -0.15) is 5.26 Å². The number of hydrogen-bond donors (Lipinski definition) is 1. The van der Waals surface area contributed by atoms with Gasteiger partial charge in [0.2, 0.25) is 0 Å². The largest absolute Gasteiger partial charge is 0.376 e.